The third-order valence-corrected chi connectivity index (χ3v) is 6.22. The van der Waals surface area contributed by atoms with E-state index in [9.17, 15) is 13.2 Å². The monoisotopic (exact) mass is 438 g/mol. The second kappa shape index (κ2) is 7.67. The summed E-state index contributed by atoms with van der Waals surface area (Å²) in [4.78, 5) is 12.1. The van der Waals surface area contributed by atoms with Crippen molar-refractivity contribution in [1.82, 2.24) is 10.0 Å². The van der Waals surface area contributed by atoms with Gasteiger partial charge in [-0.05, 0) is 54.7 Å². The molecule has 0 spiro atoms. The number of hydrogen-bond donors (Lipinski definition) is 2. The quantitative estimate of drug-likeness (QED) is 0.748. The molecule has 0 heterocycles. The van der Waals surface area contributed by atoms with E-state index in [-0.39, 0.29) is 10.9 Å². The van der Waals surface area contributed by atoms with Gasteiger partial charge in [0.25, 0.3) is 10.0 Å². The smallest absolute Gasteiger partial charge is 0.328 e. The summed E-state index contributed by atoms with van der Waals surface area (Å²) in [7, 11) is -2.27. The number of carbonyl (C=O) groups is 1. The molecule has 1 fully saturated rings. The summed E-state index contributed by atoms with van der Waals surface area (Å²) in [6.45, 7) is 0. The zero-order valence-electron chi connectivity index (χ0n) is 14.1. The SMILES string of the molecule is COc1ccc(C2CC(NC(=O)NS(=O)(=O)c3cccc(Br)c3)C2)cc1. The molecule has 2 aromatic rings. The van der Waals surface area contributed by atoms with Gasteiger partial charge in [0.2, 0.25) is 0 Å². The summed E-state index contributed by atoms with van der Waals surface area (Å²) in [5, 5.41) is 2.71. The topological polar surface area (TPSA) is 84.5 Å². The Labute approximate surface area is 161 Å². The predicted octanol–water partition coefficient (Wildman–Crippen LogP) is 3.39. The highest BCUT2D eigenvalue weighted by Crippen LogP contribution is 2.37. The first-order valence-corrected chi connectivity index (χ1v) is 10.4. The molecule has 1 aliphatic rings. The molecule has 1 aliphatic carbocycles. The number of halogens is 1. The fraction of sp³-hybridized carbons (Fsp3) is 0.278. The molecule has 0 aliphatic heterocycles. The molecule has 0 atom stereocenters. The Bertz CT molecular complexity index is 894. The van der Waals surface area contributed by atoms with E-state index in [1.54, 1.807) is 19.2 Å². The molecule has 2 amide bonds. The van der Waals surface area contributed by atoms with Gasteiger partial charge in [0.05, 0.1) is 12.0 Å². The van der Waals surface area contributed by atoms with Gasteiger partial charge < -0.3 is 10.1 Å². The van der Waals surface area contributed by atoms with Crippen molar-refractivity contribution < 1.29 is 17.9 Å². The van der Waals surface area contributed by atoms with Crippen LogP contribution in [0.3, 0.4) is 0 Å². The maximum Gasteiger partial charge on any atom is 0.328 e. The lowest BCUT2D eigenvalue weighted by Gasteiger charge is -2.36. The number of methoxy groups -OCH3 is 1. The van der Waals surface area contributed by atoms with Crippen molar-refractivity contribution in [2.24, 2.45) is 0 Å². The average Bonchev–Trinajstić information content (AvgIpc) is 2.57. The number of sulfonamides is 1. The van der Waals surface area contributed by atoms with Gasteiger partial charge in [-0.15, -0.1) is 0 Å². The van der Waals surface area contributed by atoms with Gasteiger partial charge >= 0.3 is 6.03 Å². The first kappa shape index (κ1) is 18.7. The zero-order valence-corrected chi connectivity index (χ0v) is 16.5. The first-order chi connectivity index (χ1) is 12.4. The van der Waals surface area contributed by atoms with Crippen molar-refractivity contribution in [2.45, 2.75) is 29.7 Å². The lowest BCUT2D eigenvalue weighted by atomic mass is 9.76. The van der Waals surface area contributed by atoms with E-state index in [2.05, 4.69) is 26.0 Å². The molecule has 0 aromatic heterocycles. The Morgan fingerprint density at radius 1 is 1.15 bits per heavy atom. The van der Waals surface area contributed by atoms with E-state index < -0.39 is 16.1 Å². The Morgan fingerprint density at radius 2 is 1.85 bits per heavy atom. The molecule has 1 saturated carbocycles. The molecular formula is C18H19BrN2O4S. The molecule has 2 N–H and O–H groups in total. The van der Waals surface area contributed by atoms with E-state index >= 15 is 0 Å². The maximum atomic E-state index is 12.2. The van der Waals surface area contributed by atoms with Crippen LogP contribution in [0.5, 0.6) is 5.75 Å². The van der Waals surface area contributed by atoms with E-state index in [4.69, 9.17) is 4.74 Å². The van der Waals surface area contributed by atoms with Crippen molar-refractivity contribution in [3.8, 4) is 5.75 Å². The number of nitrogens with one attached hydrogen (secondary N) is 2. The third kappa shape index (κ3) is 4.37. The lowest BCUT2D eigenvalue weighted by molar-refractivity contribution is 0.227. The minimum atomic E-state index is -3.89. The van der Waals surface area contributed by atoms with Crippen LogP contribution in [0.25, 0.3) is 0 Å². The molecule has 2 aromatic carbocycles. The van der Waals surface area contributed by atoms with Crippen molar-refractivity contribution in [1.29, 1.82) is 0 Å². The van der Waals surface area contributed by atoms with Crippen LogP contribution in [0.1, 0.15) is 24.3 Å². The van der Waals surface area contributed by atoms with Crippen LogP contribution >= 0.6 is 15.9 Å². The molecule has 0 radical (unpaired) electrons. The summed E-state index contributed by atoms with van der Waals surface area (Å²) < 4.78 is 32.3. The van der Waals surface area contributed by atoms with Gasteiger partial charge in [0, 0.05) is 10.5 Å². The van der Waals surface area contributed by atoms with Gasteiger partial charge in [-0.3, -0.25) is 0 Å². The van der Waals surface area contributed by atoms with Gasteiger partial charge in [0.15, 0.2) is 0 Å². The minimum Gasteiger partial charge on any atom is -0.497 e. The molecular weight excluding hydrogens is 420 g/mol. The van der Waals surface area contributed by atoms with Gasteiger partial charge in [-0.2, -0.15) is 0 Å². The summed E-state index contributed by atoms with van der Waals surface area (Å²) >= 11 is 3.22. The Morgan fingerprint density at radius 3 is 2.46 bits per heavy atom. The second-order valence-corrected chi connectivity index (χ2v) is 8.77. The number of benzene rings is 2. The number of amides is 2. The molecule has 138 valence electrons. The van der Waals surface area contributed by atoms with Crippen molar-refractivity contribution in [3.63, 3.8) is 0 Å². The number of carbonyl (C=O) groups excluding carboxylic acids is 1. The minimum absolute atomic E-state index is 0.0340. The van der Waals surface area contributed by atoms with Crippen LogP contribution < -0.4 is 14.8 Å². The summed E-state index contributed by atoms with van der Waals surface area (Å²) in [5.41, 5.74) is 1.19. The third-order valence-electron chi connectivity index (χ3n) is 4.39. The Hall–Kier alpha value is -2.06. The first-order valence-electron chi connectivity index (χ1n) is 8.10. The molecule has 6 nitrogen and oxygen atoms in total. The lowest BCUT2D eigenvalue weighted by Crippen LogP contribution is -2.49. The highest BCUT2D eigenvalue weighted by molar-refractivity contribution is 9.10. The molecule has 8 heteroatoms. The predicted molar refractivity (Wildman–Crippen MR) is 102 cm³/mol. The zero-order chi connectivity index (χ0) is 18.7. The summed E-state index contributed by atoms with van der Waals surface area (Å²) in [6.07, 6.45) is 1.55. The Balaban J connectivity index is 1.52. The number of urea groups is 1. The molecule has 0 bridgehead atoms. The van der Waals surface area contributed by atoms with E-state index in [0.29, 0.717) is 10.4 Å². The highest BCUT2D eigenvalue weighted by Gasteiger charge is 2.32. The van der Waals surface area contributed by atoms with Gasteiger partial charge in [0.1, 0.15) is 5.75 Å². The van der Waals surface area contributed by atoms with E-state index in [1.165, 1.54) is 17.7 Å². The number of rotatable bonds is 5. The largest absolute Gasteiger partial charge is 0.497 e. The van der Waals surface area contributed by atoms with E-state index in [0.717, 1.165) is 18.6 Å². The van der Waals surface area contributed by atoms with Crippen LogP contribution in [0, 0.1) is 0 Å². The standard InChI is InChI=1S/C18H19BrN2O4S/c1-25-16-7-5-12(6-8-16)13-9-15(10-13)20-18(22)21-26(23,24)17-4-2-3-14(19)11-17/h2-8,11,13,15H,9-10H2,1H3,(H2,20,21,22). The summed E-state index contributed by atoms with van der Waals surface area (Å²) in [6, 6.07) is 13.3. The van der Waals surface area contributed by atoms with Crippen LogP contribution in [0.15, 0.2) is 57.9 Å². The molecule has 0 saturated heterocycles. The number of hydrogen-bond acceptors (Lipinski definition) is 4. The normalized spacial score (nSPS) is 19.3. The fourth-order valence-electron chi connectivity index (χ4n) is 2.91. The van der Waals surface area contributed by atoms with Crippen LogP contribution in [0.4, 0.5) is 4.79 Å². The van der Waals surface area contributed by atoms with Crippen molar-refractivity contribution >= 4 is 32.0 Å². The van der Waals surface area contributed by atoms with Crippen LogP contribution in [-0.2, 0) is 10.0 Å². The van der Waals surface area contributed by atoms with Crippen LogP contribution in [-0.4, -0.2) is 27.6 Å². The van der Waals surface area contributed by atoms with E-state index in [1.807, 2.05) is 24.3 Å². The van der Waals surface area contributed by atoms with Crippen molar-refractivity contribution in [2.75, 3.05) is 7.11 Å². The number of ether oxygens (including phenoxy) is 1. The fourth-order valence-corrected chi connectivity index (χ4v) is 4.43. The molecule has 26 heavy (non-hydrogen) atoms. The highest BCUT2D eigenvalue weighted by atomic mass is 79.9. The van der Waals surface area contributed by atoms with Gasteiger partial charge in [-0.1, -0.05) is 34.1 Å². The molecule has 3 rings (SSSR count). The van der Waals surface area contributed by atoms with Gasteiger partial charge in [-0.25, -0.2) is 17.9 Å². The molecule has 0 unspecified atom stereocenters. The van der Waals surface area contributed by atoms with Crippen LogP contribution in [0.2, 0.25) is 0 Å². The second-order valence-electron chi connectivity index (χ2n) is 6.17. The Kier molecular flexibility index (Phi) is 5.52. The summed E-state index contributed by atoms with van der Waals surface area (Å²) in [5.74, 6) is 1.16. The van der Waals surface area contributed by atoms with Crippen molar-refractivity contribution in [3.05, 3.63) is 58.6 Å². The average molecular weight is 439 g/mol. The maximum absolute atomic E-state index is 12.2.